The van der Waals surface area contributed by atoms with Gasteiger partial charge in [0, 0.05) is 24.6 Å². The lowest BCUT2D eigenvalue weighted by Gasteiger charge is -2.08. The second-order valence-electron chi connectivity index (χ2n) is 5.59. The fourth-order valence-electron chi connectivity index (χ4n) is 2.13. The Labute approximate surface area is 154 Å². The van der Waals surface area contributed by atoms with E-state index in [4.69, 9.17) is 0 Å². The minimum Gasteiger partial charge on any atom is -0.326 e. The zero-order chi connectivity index (χ0) is 19.1. The molecule has 0 fully saturated rings. The van der Waals surface area contributed by atoms with Gasteiger partial charge in [-0.1, -0.05) is 29.0 Å². The molecular weight excluding hydrogens is 356 g/mol. The Kier molecular flexibility index (Phi) is 6.56. The molecule has 2 amide bonds. The summed E-state index contributed by atoms with van der Waals surface area (Å²) < 4.78 is 0. The molecule has 0 bridgehead atoms. The van der Waals surface area contributed by atoms with Gasteiger partial charge >= 0.3 is 5.00 Å². The number of nitrogens with one attached hydrogen (secondary N) is 2. The van der Waals surface area contributed by atoms with E-state index in [-0.39, 0.29) is 23.7 Å². The van der Waals surface area contributed by atoms with Crippen LogP contribution in [-0.4, -0.2) is 23.0 Å². The molecule has 136 valence electrons. The molecule has 1 aromatic carbocycles. The summed E-state index contributed by atoms with van der Waals surface area (Å²) in [7, 11) is 0. The number of hydrazone groups is 1. The van der Waals surface area contributed by atoms with E-state index in [0.29, 0.717) is 4.88 Å². The van der Waals surface area contributed by atoms with Gasteiger partial charge in [0.2, 0.25) is 11.8 Å². The molecule has 0 radical (unpaired) electrons. The molecule has 9 heteroatoms. The number of anilines is 1. The molecule has 0 aliphatic carbocycles. The molecule has 1 heterocycles. The van der Waals surface area contributed by atoms with Crippen molar-refractivity contribution in [3.8, 4) is 0 Å². The van der Waals surface area contributed by atoms with Gasteiger partial charge in [-0.05, 0) is 31.5 Å². The van der Waals surface area contributed by atoms with Crippen molar-refractivity contribution in [2.45, 2.75) is 26.7 Å². The number of hydrogen-bond donors (Lipinski definition) is 2. The number of nitro groups is 1. The Morgan fingerprint density at radius 1 is 1.19 bits per heavy atom. The monoisotopic (exact) mass is 374 g/mol. The van der Waals surface area contributed by atoms with Crippen LogP contribution >= 0.6 is 11.3 Å². The number of benzene rings is 1. The highest BCUT2D eigenvalue weighted by Crippen LogP contribution is 2.22. The van der Waals surface area contributed by atoms with Crippen LogP contribution in [0.5, 0.6) is 0 Å². The predicted molar refractivity (Wildman–Crippen MR) is 100 cm³/mol. The van der Waals surface area contributed by atoms with Gasteiger partial charge in [0.25, 0.3) is 0 Å². The number of carbonyl (C=O) groups excluding carboxylic acids is 2. The summed E-state index contributed by atoms with van der Waals surface area (Å²) in [5.74, 6) is -0.673. The summed E-state index contributed by atoms with van der Waals surface area (Å²) in [6.45, 7) is 3.87. The van der Waals surface area contributed by atoms with Crippen molar-refractivity contribution in [3.05, 3.63) is 56.5 Å². The van der Waals surface area contributed by atoms with Crippen LogP contribution in [0.25, 0.3) is 0 Å². The first-order valence-electron chi connectivity index (χ1n) is 7.78. The van der Waals surface area contributed by atoms with Gasteiger partial charge in [-0.2, -0.15) is 5.10 Å². The molecule has 0 aliphatic heterocycles. The second-order valence-corrected chi connectivity index (χ2v) is 6.69. The number of carbonyl (C=O) groups is 2. The van der Waals surface area contributed by atoms with Crippen molar-refractivity contribution in [1.82, 2.24) is 5.43 Å². The average molecular weight is 374 g/mol. The fourth-order valence-corrected chi connectivity index (χ4v) is 2.82. The lowest BCUT2D eigenvalue weighted by molar-refractivity contribution is -0.380. The second kappa shape index (κ2) is 8.86. The summed E-state index contributed by atoms with van der Waals surface area (Å²) in [6.07, 6.45) is 1.34. The molecular formula is C17H18N4O4S. The van der Waals surface area contributed by atoms with E-state index in [0.717, 1.165) is 28.2 Å². The average Bonchev–Trinajstić information content (AvgIpc) is 3.05. The number of thiophene rings is 1. The van der Waals surface area contributed by atoms with Crippen LogP contribution in [0.1, 0.15) is 28.8 Å². The third-order valence-corrected chi connectivity index (χ3v) is 4.38. The highest BCUT2D eigenvalue weighted by molar-refractivity contribution is 7.16. The predicted octanol–water partition coefficient (Wildman–Crippen LogP) is 3.14. The molecule has 2 rings (SSSR count). The minimum atomic E-state index is -0.491. The molecule has 0 saturated carbocycles. The first-order chi connectivity index (χ1) is 12.3. The van der Waals surface area contributed by atoms with Gasteiger partial charge in [0.05, 0.1) is 16.0 Å². The van der Waals surface area contributed by atoms with Gasteiger partial charge in [0.15, 0.2) is 0 Å². The van der Waals surface area contributed by atoms with E-state index in [1.54, 1.807) is 0 Å². The van der Waals surface area contributed by atoms with E-state index in [1.165, 1.54) is 18.3 Å². The van der Waals surface area contributed by atoms with E-state index in [2.05, 4.69) is 15.8 Å². The zero-order valence-electron chi connectivity index (χ0n) is 14.3. The molecule has 0 spiro atoms. The molecule has 0 aliphatic rings. The smallest absolute Gasteiger partial charge is 0.324 e. The Hall–Kier alpha value is -3.07. The van der Waals surface area contributed by atoms with Gasteiger partial charge in [-0.3, -0.25) is 19.7 Å². The highest BCUT2D eigenvalue weighted by Gasteiger charge is 2.09. The van der Waals surface area contributed by atoms with Gasteiger partial charge in [-0.25, -0.2) is 5.43 Å². The van der Waals surface area contributed by atoms with Crippen molar-refractivity contribution in [2.75, 3.05) is 5.32 Å². The lowest BCUT2D eigenvalue weighted by atomic mass is 10.1. The number of amides is 2. The van der Waals surface area contributed by atoms with Crippen molar-refractivity contribution in [3.63, 3.8) is 0 Å². The molecule has 0 atom stereocenters. The third kappa shape index (κ3) is 5.78. The molecule has 1 aromatic heterocycles. The van der Waals surface area contributed by atoms with E-state index in [9.17, 15) is 19.7 Å². The lowest BCUT2D eigenvalue weighted by Crippen LogP contribution is -2.20. The number of rotatable bonds is 7. The van der Waals surface area contributed by atoms with Crippen LogP contribution in [0, 0.1) is 24.0 Å². The molecule has 0 saturated heterocycles. The van der Waals surface area contributed by atoms with Crippen LogP contribution in [0.3, 0.4) is 0 Å². The first kappa shape index (κ1) is 19.3. The van der Waals surface area contributed by atoms with Crippen molar-refractivity contribution in [1.29, 1.82) is 0 Å². The molecule has 8 nitrogen and oxygen atoms in total. The van der Waals surface area contributed by atoms with Crippen LogP contribution in [-0.2, 0) is 9.59 Å². The largest absolute Gasteiger partial charge is 0.326 e. The van der Waals surface area contributed by atoms with Crippen LogP contribution in [0.15, 0.2) is 35.4 Å². The maximum absolute atomic E-state index is 11.9. The van der Waals surface area contributed by atoms with Gasteiger partial charge < -0.3 is 5.32 Å². The molecule has 0 unspecified atom stereocenters. The van der Waals surface area contributed by atoms with E-state index in [1.807, 2.05) is 32.0 Å². The summed E-state index contributed by atoms with van der Waals surface area (Å²) in [4.78, 5) is 34.3. The maximum Gasteiger partial charge on any atom is 0.324 e. The van der Waals surface area contributed by atoms with Crippen LogP contribution in [0.2, 0.25) is 0 Å². The molecule has 2 N–H and O–H groups in total. The SMILES string of the molecule is Cc1ccc(NC(=O)CCC(=O)NN=Cc2ccc([N+](=O)[O-])s2)c(C)c1. The molecule has 26 heavy (non-hydrogen) atoms. The number of hydrogen-bond acceptors (Lipinski definition) is 6. The Balaban J connectivity index is 1.76. The summed E-state index contributed by atoms with van der Waals surface area (Å²) >= 11 is 0.951. The van der Waals surface area contributed by atoms with Crippen LogP contribution < -0.4 is 10.7 Å². The van der Waals surface area contributed by atoms with Crippen molar-refractivity contribution >= 4 is 40.1 Å². The van der Waals surface area contributed by atoms with Crippen molar-refractivity contribution < 1.29 is 14.5 Å². The summed E-state index contributed by atoms with van der Waals surface area (Å²) in [5.41, 5.74) is 5.08. The first-order valence-corrected chi connectivity index (χ1v) is 8.60. The topological polar surface area (TPSA) is 114 Å². The normalized spacial score (nSPS) is 10.7. The fraction of sp³-hybridized carbons (Fsp3) is 0.235. The zero-order valence-corrected chi connectivity index (χ0v) is 15.1. The van der Waals surface area contributed by atoms with Gasteiger partial charge in [0.1, 0.15) is 0 Å². The Morgan fingerprint density at radius 3 is 2.58 bits per heavy atom. The highest BCUT2D eigenvalue weighted by atomic mass is 32.1. The van der Waals surface area contributed by atoms with Gasteiger partial charge in [-0.15, -0.1) is 0 Å². The quantitative estimate of drug-likeness (QED) is 0.440. The number of aryl methyl sites for hydroxylation is 2. The van der Waals surface area contributed by atoms with E-state index >= 15 is 0 Å². The summed E-state index contributed by atoms with van der Waals surface area (Å²) in [6, 6.07) is 8.60. The maximum atomic E-state index is 11.9. The Morgan fingerprint density at radius 2 is 1.92 bits per heavy atom. The van der Waals surface area contributed by atoms with Crippen molar-refractivity contribution in [2.24, 2.45) is 5.10 Å². The third-order valence-electron chi connectivity index (χ3n) is 3.41. The molecule has 2 aromatic rings. The van der Waals surface area contributed by atoms with E-state index < -0.39 is 10.8 Å². The Bertz CT molecular complexity index is 860. The summed E-state index contributed by atoms with van der Waals surface area (Å²) in [5, 5.41) is 17.1. The minimum absolute atomic E-state index is 0.000784. The standard InChI is InChI=1S/C17H18N4O4S/c1-11-3-5-14(12(2)9-11)19-15(22)6-7-16(23)20-18-10-13-4-8-17(26-13)21(24)25/h3-5,8-10H,6-7H2,1-2H3,(H,19,22)(H,20,23). The van der Waals surface area contributed by atoms with Crippen LogP contribution in [0.4, 0.5) is 10.7 Å². The number of nitrogens with zero attached hydrogens (tertiary/aromatic N) is 2.